The van der Waals surface area contributed by atoms with E-state index in [9.17, 15) is 4.79 Å². The largest absolute Gasteiger partial charge is 0.299 e. The fourth-order valence-corrected chi connectivity index (χ4v) is 2.78. The number of hydrogen-bond donors (Lipinski definition) is 2. The van der Waals surface area contributed by atoms with Gasteiger partial charge in [0.25, 0.3) is 0 Å². The molecule has 0 amide bonds. The average Bonchev–Trinajstić information content (AvgIpc) is 2.75. The highest BCUT2D eigenvalue weighted by Gasteiger charge is 2.43. The van der Waals surface area contributed by atoms with Crippen LogP contribution in [-0.2, 0) is 4.79 Å². The van der Waals surface area contributed by atoms with E-state index in [-0.39, 0.29) is 12.0 Å². The maximum absolute atomic E-state index is 12.0. The van der Waals surface area contributed by atoms with E-state index in [2.05, 4.69) is 15.8 Å². The highest BCUT2D eigenvalue weighted by atomic mass is 16.1. The van der Waals surface area contributed by atoms with Gasteiger partial charge in [-0.3, -0.25) is 15.2 Å². The first-order valence-corrected chi connectivity index (χ1v) is 5.80. The predicted molar refractivity (Wildman–Crippen MR) is 59.4 cm³/mol. The minimum Gasteiger partial charge on any atom is -0.299 e. The van der Waals surface area contributed by atoms with Gasteiger partial charge in [0.2, 0.25) is 0 Å². The van der Waals surface area contributed by atoms with Gasteiger partial charge in [0, 0.05) is 24.9 Å². The summed E-state index contributed by atoms with van der Waals surface area (Å²) in [5.74, 6) is 0.459. The van der Waals surface area contributed by atoms with Crippen LogP contribution in [0.5, 0.6) is 0 Å². The summed E-state index contributed by atoms with van der Waals surface area (Å²) in [6.07, 6.45) is 6.41. The Hall–Kier alpha value is -1.26. The number of fused-ring (bicyclic) bond motifs is 1. The first kappa shape index (κ1) is 9.93. The molecule has 0 bridgehead atoms. The lowest BCUT2D eigenvalue weighted by Gasteiger charge is -2.25. The van der Waals surface area contributed by atoms with Crippen LogP contribution in [0.1, 0.15) is 30.9 Å². The quantitative estimate of drug-likeness (QED) is 0.736. The number of rotatable bonds is 1. The zero-order valence-corrected chi connectivity index (χ0v) is 9.02. The van der Waals surface area contributed by atoms with Crippen LogP contribution in [0.25, 0.3) is 0 Å². The van der Waals surface area contributed by atoms with Crippen molar-refractivity contribution in [1.29, 1.82) is 0 Å². The summed E-state index contributed by atoms with van der Waals surface area (Å²) in [6, 6.07) is 4.33. The monoisotopic (exact) mass is 217 g/mol. The standard InChI is InChI=1S/C12H15N3O/c16-10-5-1-4-9-11(10)12(15-14-9)8-3-2-6-13-7-8/h2-3,6-7,9,11-12,14-15H,1,4-5H2. The fraction of sp³-hybridized carbons (Fsp3) is 0.500. The van der Waals surface area contributed by atoms with Crippen LogP contribution in [0, 0.1) is 5.92 Å². The van der Waals surface area contributed by atoms with Gasteiger partial charge in [-0.05, 0) is 24.5 Å². The van der Waals surface area contributed by atoms with E-state index < -0.39 is 0 Å². The van der Waals surface area contributed by atoms with E-state index in [0.717, 1.165) is 24.8 Å². The Morgan fingerprint density at radius 3 is 3.12 bits per heavy atom. The molecule has 4 heteroatoms. The third kappa shape index (κ3) is 1.54. The number of ketones is 1. The van der Waals surface area contributed by atoms with Crippen molar-refractivity contribution in [3.63, 3.8) is 0 Å². The van der Waals surface area contributed by atoms with Crippen LogP contribution in [0.3, 0.4) is 0 Å². The van der Waals surface area contributed by atoms with Crippen molar-refractivity contribution in [2.24, 2.45) is 5.92 Å². The predicted octanol–water partition coefficient (Wildman–Crippen LogP) is 0.968. The molecule has 1 saturated carbocycles. The second-order valence-electron chi connectivity index (χ2n) is 4.54. The van der Waals surface area contributed by atoms with E-state index in [1.807, 2.05) is 18.3 Å². The van der Waals surface area contributed by atoms with Crippen LogP contribution in [0.2, 0.25) is 0 Å². The molecule has 3 rings (SSSR count). The minimum atomic E-state index is 0.0814. The molecular formula is C12H15N3O. The number of Topliss-reactive ketones (excluding diaryl/α,β-unsaturated/α-hetero) is 1. The molecule has 4 nitrogen and oxygen atoms in total. The van der Waals surface area contributed by atoms with E-state index in [0.29, 0.717) is 11.8 Å². The molecule has 0 radical (unpaired) electrons. The van der Waals surface area contributed by atoms with Gasteiger partial charge in [0.05, 0.1) is 12.0 Å². The Bertz CT molecular complexity index is 393. The number of hydrogen-bond acceptors (Lipinski definition) is 4. The van der Waals surface area contributed by atoms with Gasteiger partial charge < -0.3 is 0 Å². The lowest BCUT2D eigenvalue weighted by atomic mass is 9.79. The molecular weight excluding hydrogens is 202 g/mol. The lowest BCUT2D eigenvalue weighted by Crippen LogP contribution is -2.36. The van der Waals surface area contributed by atoms with Crippen LogP contribution in [0.15, 0.2) is 24.5 Å². The minimum absolute atomic E-state index is 0.0814. The molecule has 3 atom stereocenters. The Morgan fingerprint density at radius 2 is 2.31 bits per heavy atom. The van der Waals surface area contributed by atoms with Crippen LogP contribution in [0.4, 0.5) is 0 Å². The van der Waals surface area contributed by atoms with Crippen molar-refractivity contribution in [1.82, 2.24) is 15.8 Å². The van der Waals surface area contributed by atoms with E-state index in [1.165, 1.54) is 0 Å². The molecule has 0 spiro atoms. The molecule has 2 aliphatic rings. The van der Waals surface area contributed by atoms with Gasteiger partial charge in [-0.25, -0.2) is 5.43 Å². The molecule has 0 aromatic carbocycles. The van der Waals surface area contributed by atoms with Crippen molar-refractivity contribution < 1.29 is 4.79 Å². The molecule has 1 saturated heterocycles. The van der Waals surface area contributed by atoms with Crippen LogP contribution < -0.4 is 10.9 Å². The first-order valence-electron chi connectivity index (χ1n) is 5.80. The maximum atomic E-state index is 12.0. The molecule has 1 aliphatic carbocycles. The summed E-state index contributed by atoms with van der Waals surface area (Å²) < 4.78 is 0. The smallest absolute Gasteiger partial charge is 0.139 e. The number of carbonyl (C=O) groups is 1. The highest BCUT2D eigenvalue weighted by molar-refractivity contribution is 5.83. The van der Waals surface area contributed by atoms with Crippen molar-refractivity contribution in [3.05, 3.63) is 30.1 Å². The number of aromatic nitrogens is 1. The molecule has 1 aromatic heterocycles. The normalized spacial score (nSPS) is 33.8. The average molecular weight is 217 g/mol. The summed E-state index contributed by atoms with van der Waals surface area (Å²) in [4.78, 5) is 16.1. The number of carbonyl (C=O) groups excluding carboxylic acids is 1. The topological polar surface area (TPSA) is 54.0 Å². The van der Waals surface area contributed by atoms with Gasteiger partial charge in [-0.1, -0.05) is 6.07 Å². The van der Waals surface area contributed by atoms with Crippen molar-refractivity contribution in [2.45, 2.75) is 31.3 Å². The molecule has 2 heterocycles. The van der Waals surface area contributed by atoms with E-state index in [1.54, 1.807) is 6.20 Å². The summed E-state index contributed by atoms with van der Waals surface area (Å²) in [6.45, 7) is 0. The maximum Gasteiger partial charge on any atom is 0.139 e. The molecule has 2 fully saturated rings. The van der Waals surface area contributed by atoms with Crippen molar-refractivity contribution in [2.75, 3.05) is 0 Å². The summed E-state index contributed by atoms with van der Waals surface area (Å²) in [5.41, 5.74) is 7.57. The van der Waals surface area contributed by atoms with Gasteiger partial charge in [0.1, 0.15) is 5.78 Å². The third-order valence-corrected chi connectivity index (χ3v) is 3.57. The third-order valence-electron chi connectivity index (χ3n) is 3.57. The summed E-state index contributed by atoms with van der Waals surface area (Å²) in [7, 11) is 0. The molecule has 2 N–H and O–H groups in total. The molecule has 16 heavy (non-hydrogen) atoms. The Kier molecular flexibility index (Phi) is 2.46. The zero-order chi connectivity index (χ0) is 11.0. The Morgan fingerprint density at radius 1 is 1.38 bits per heavy atom. The van der Waals surface area contributed by atoms with Crippen LogP contribution >= 0.6 is 0 Å². The van der Waals surface area contributed by atoms with Crippen molar-refractivity contribution in [3.8, 4) is 0 Å². The number of nitrogens with zero attached hydrogens (tertiary/aromatic N) is 1. The SMILES string of the molecule is O=C1CCCC2NNC(c3cccnc3)C12. The fourth-order valence-electron chi connectivity index (χ4n) is 2.78. The first-order chi connectivity index (χ1) is 7.86. The number of pyridine rings is 1. The molecule has 1 aliphatic heterocycles. The van der Waals surface area contributed by atoms with E-state index in [4.69, 9.17) is 0 Å². The molecule has 84 valence electrons. The molecule has 3 unspecified atom stereocenters. The van der Waals surface area contributed by atoms with Gasteiger partial charge >= 0.3 is 0 Å². The molecule has 1 aromatic rings. The van der Waals surface area contributed by atoms with Gasteiger partial charge in [-0.15, -0.1) is 0 Å². The lowest BCUT2D eigenvalue weighted by molar-refractivity contribution is -0.125. The highest BCUT2D eigenvalue weighted by Crippen LogP contribution is 2.35. The summed E-state index contributed by atoms with van der Waals surface area (Å²) in [5, 5.41) is 0. The van der Waals surface area contributed by atoms with Crippen molar-refractivity contribution >= 4 is 5.78 Å². The Balaban J connectivity index is 1.89. The van der Waals surface area contributed by atoms with Crippen LogP contribution in [-0.4, -0.2) is 16.8 Å². The Labute approximate surface area is 94.4 Å². The van der Waals surface area contributed by atoms with E-state index >= 15 is 0 Å². The number of nitrogens with one attached hydrogen (secondary N) is 2. The summed E-state index contributed by atoms with van der Waals surface area (Å²) >= 11 is 0. The second-order valence-corrected chi connectivity index (χ2v) is 4.54. The van der Waals surface area contributed by atoms with Gasteiger partial charge in [-0.2, -0.15) is 0 Å². The second kappa shape index (κ2) is 3.96. The zero-order valence-electron chi connectivity index (χ0n) is 9.02. The number of hydrazine groups is 1. The van der Waals surface area contributed by atoms with Gasteiger partial charge in [0.15, 0.2) is 0 Å².